The largest absolute Gasteiger partial charge is 0.312 e. The summed E-state index contributed by atoms with van der Waals surface area (Å²) in [4.78, 5) is 5.35. The lowest BCUT2D eigenvalue weighted by Gasteiger charge is -2.40. The molecule has 0 aromatic rings. The Morgan fingerprint density at radius 1 is 1.05 bits per heavy atom. The van der Waals surface area contributed by atoms with E-state index in [1.54, 1.807) is 0 Å². The molecule has 1 heterocycles. The minimum absolute atomic E-state index is 0.705. The summed E-state index contributed by atoms with van der Waals surface area (Å²) in [5, 5.41) is 3.86. The maximum atomic E-state index is 3.86. The summed E-state index contributed by atoms with van der Waals surface area (Å²) in [5.41, 5.74) is 0. The van der Waals surface area contributed by atoms with Crippen LogP contribution in [0.3, 0.4) is 0 Å². The van der Waals surface area contributed by atoms with Gasteiger partial charge >= 0.3 is 0 Å². The van der Waals surface area contributed by atoms with Crippen molar-refractivity contribution in [3.63, 3.8) is 0 Å². The molecule has 1 N–H and O–H groups in total. The van der Waals surface area contributed by atoms with E-state index in [9.17, 15) is 0 Å². The first kappa shape index (κ1) is 16.3. The number of likely N-dealkylation sites (N-methyl/N-ethyl adjacent to an activating group) is 1. The zero-order valence-electron chi connectivity index (χ0n) is 13.9. The van der Waals surface area contributed by atoms with Crippen molar-refractivity contribution in [3.05, 3.63) is 0 Å². The first-order chi connectivity index (χ1) is 9.72. The molecule has 2 aliphatic rings. The summed E-state index contributed by atoms with van der Waals surface area (Å²) in [6.07, 6.45) is 9.63. The molecule has 3 atom stereocenters. The molecule has 1 aliphatic carbocycles. The predicted molar refractivity (Wildman–Crippen MR) is 87.2 cm³/mol. The number of hydrogen-bond donors (Lipinski definition) is 1. The Bertz CT molecular complexity index is 269. The van der Waals surface area contributed by atoms with Crippen LogP contribution in [-0.2, 0) is 0 Å². The summed E-state index contributed by atoms with van der Waals surface area (Å²) >= 11 is 0. The van der Waals surface area contributed by atoms with E-state index in [-0.39, 0.29) is 0 Å². The zero-order chi connectivity index (χ0) is 14.4. The van der Waals surface area contributed by atoms with Gasteiger partial charge in [0.25, 0.3) is 0 Å². The fourth-order valence-corrected chi connectivity index (χ4v) is 4.14. The number of rotatable bonds is 4. The van der Waals surface area contributed by atoms with Gasteiger partial charge in [0.2, 0.25) is 0 Å². The van der Waals surface area contributed by atoms with E-state index in [0.717, 1.165) is 12.1 Å². The third-order valence-corrected chi connectivity index (χ3v) is 5.16. The molecule has 0 bridgehead atoms. The standard InChI is InChI=1S/C17H35N3/c1-4-11-18-16-9-6-5-7-10-17(16)20-13-8-12-19(3)14-15(20)2/h15-18H,4-14H2,1-3H3. The lowest BCUT2D eigenvalue weighted by Crippen LogP contribution is -2.53. The minimum Gasteiger partial charge on any atom is -0.312 e. The van der Waals surface area contributed by atoms with Crippen LogP contribution in [0.5, 0.6) is 0 Å². The van der Waals surface area contributed by atoms with Crippen LogP contribution in [0, 0.1) is 0 Å². The first-order valence-electron chi connectivity index (χ1n) is 8.90. The van der Waals surface area contributed by atoms with E-state index in [2.05, 4.69) is 36.0 Å². The predicted octanol–water partition coefficient (Wildman–Crippen LogP) is 2.71. The second kappa shape index (κ2) is 8.35. The lowest BCUT2D eigenvalue weighted by atomic mass is 9.99. The van der Waals surface area contributed by atoms with Crippen LogP contribution in [0.15, 0.2) is 0 Å². The Morgan fingerprint density at radius 2 is 1.85 bits per heavy atom. The summed E-state index contributed by atoms with van der Waals surface area (Å²) in [6.45, 7) is 9.69. The molecule has 1 aliphatic heterocycles. The van der Waals surface area contributed by atoms with Gasteiger partial charge in [-0.1, -0.05) is 26.2 Å². The lowest BCUT2D eigenvalue weighted by molar-refractivity contribution is 0.107. The number of nitrogens with one attached hydrogen (secondary N) is 1. The van der Waals surface area contributed by atoms with Crippen molar-refractivity contribution in [1.82, 2.24) is 15.1 Å². The van der Waals surface area contributed by atoms with Gasteiger partial charge in [-0.2, -0.15) is 0 Å². The van der Waals surface area contributed by atoms with Crippen molar-refractivity contribution in [2.45, 2.75) is 76.9 Å². The fraction of sp³-hybridized carbons (Fsp3) is 1.00. The van der Waals surface area contributed by atoms with Crippen molar-refractivity contribution >= 4 is 0 Å². The molecule has 3 nitrogen and oxygen atoms in total. The first-order valence-corrected chi connectivity index (χ1v) is 8.90. The Morgan fingerprint density at radius 3 is 2.65 bits per heavy atom. The molecular formula is C17H35N3. The van der Waals surface area contributed by atoms with Crippen LogP contribution < -0.4 is 5.32 Å². The van der Waals surface area contributed by atoms with Crippen molar-refractivity contribution < 1.29 is 0 Å². The summed E-state index contributed by atoms with van der Waals surface area (Å²) in [6, 6.07) is 2.20. The quantitative estimate of drug-likeness (QED) is 0.799. The van der Waals surface area contributed by atoms with Crippen LogP contribution in [0.4, 0.5) is 0 Å². The molecule has 20 heavy (non-hydrogen) atoms. The average molecular weight is 281 g/mol. The summed E-state index contributed by atoms with van der Waals surface area (Å²) in [5.74, 6) is 0. The van der Waals surface area contributed by atoms with Gasteiger partial charge in [0.1, 0.15) is 0 Å². The SMILES string of the molecule is CCCNC1CCCCCC1N1CCCN(C)CC1C. The van der Waals surface area contributed by atoms with Crippen LogP contribution in [0.2, 0.25) is 0 Å². The van der Waals surface area contributed by atoms with Gasteiger partial charge in [0, 0.05) is 31.2 Å². The van der Waals surface area contributed by atoms with Gasteiger partial charge < -0.3 is 10.2 Å². The van der Waals surface area contributed by atoms with E-state index < -0.39 is 0 Å². The van der Waals surface area contributed by atoms with Gasteiger partial charge in [-0.15, -0.1) is 0 Å². The molecule has 0 aromatic carbocycles. The van der Waals surface area contributed by atoms with Gasteiger partial charge in [-0.05, 0) is 52.7 Å². The maximum absolute atomic E-state index is 3.86. The van der Waals surface area contributed by atoms with Crippen LogP contribution in [0.25, 0.3) is 0 Å². The van der Waals surface area contributed by atoms with Gasteiger partial charge in [0.15, 0.2) is 0 Å². The topological polar surface area (TPSA) is 18.5 Å². The molecule has 0 aromatic heterocycles. The highest BCUT2D eigenvalue weighted by Crippen LogP contribution is 2.25. The molecule has 0 radical (unpaired) electrons. The molecular weight excluding hydrogens is 246 g/mol. The zero-order valence-corrected chi connectivity index (χ0v) is 13.9. The van der Waals surface area contributed by atoms with E-state index in [1.807, 2.05) is 0 Å². The Hall–Kier alpha value is -0.120. The Balaban J connectivity index is 2.03. The van der Waals surface area contributed by atoms with Gasteiger partial charge in [0.05, 0.1) is 0 Å². The highest BCUT2D eigenvalue weighted by Gasteiger charge is 2.32. The Kier molecular flexibility index (Phi) is 6.79. The van der Waals surface area contributed by atoms with E-state index in [0.29, 0.717) is 6.04 Å². The molecule has 2 rings (SSSR count). The van der Waals surface area contributed by atoms with Crippen LogP contribution in [-0.4, -0.2) is 61.2 Å². The normalized spacial score (nSPS) is 34.6. The van der Waals surface area contributed by atoms with Crippen molar-refractivity contribution in [2.75, 3.05) is 33.2 Å². The molecule has 118 valence electrons. The van der Waals surface area contributed by atoms with Crippen LogP contribution in [0.1, 0.15) is 58.8 Å². The third-order valence-electron chi connectivity index (χ3n) is 5.16. The maximum Gasteiger partial charge on any atom is 0.0252 e. The number of nitrogens with zero attached hydrogens (tertiary/aromatic N) is 2. The third kappa shape index (κ3) is 4.44. The second-order valence-corrected chi connectivity index (χ2v) is 6.97. The smallest absolute Gasteiger partial charge is 0.0252 e. The minimum atomic E-state index is 0.705. The highest BCUT2D eigenvalue weighted by molar-refractivity contribution is 4.90. The van der Waals surface area contributed by atoms with Crippen molar-refractivity contribution in [2.24, 2.45) is 0 Å². The average Bonchev–Trinajstić information content (AvgIpc) is 2.74. The highest BCUT2D eigenvalue weighted by atomic mass is 15.3. The van der Waals surface area contributed by atoms with Gasteiger partial charge in [-0.3, -0.25) is 4.90 Å². The second-order valence-electron chi connectivity index (χ2n) is 6.97. The molecule has 1 saturated heterocycles. The monoisotopic (exact) mass is 281 g/mol. The molecule has 0 spiro atoms. The van der Waals surface area contributed by atoms with E-state index in [1.165, 1.54) is 71.1 Å². The summed E-state index contributed by atoms with van der Waals surface area (Å²) in [7, 11) is 2.28. The van der Waals surface area contributed by atoms with Crippen LogP contribution >= 0.6 is 0 Å². The van der Waals surface area contributed by atoms with E-state index in [4.69, 9.17) is 0 Å². The number of hydrogen-bond acceptors (Lipinski definition) is 3. The molecule has 1 saturated carbocycles. The van der Waals surface area contributed by atoms with Gasteiger partial charge in [-0.25, -0.2) is 0 Å². The fourth-order valence-electron chi connectivity index (χ4n) is 4.14. The molecule has 3 unspecified atom stereocenters. The molecule has 2 fully saturated rings. The van der Waals surface area contributed by atoms with Crippen molar-refractivity contribution in [3.8, 4) is 0 Å². The summed E-state index contributed by atoms with van der Waals surface area (Å²) < 4.78 is 0. The van der Waals surface area contributed by atoms with Crippen molar-refractivity contribution in [1.29, 1.82) is 0 Å². The molecule has 3 heteroatoms. The molecule has 0 amide bonds. The van der Waals surface area contributed by atoms with E-state index >= 15 is 0 Å². The Labute approximate surface area is 126 Å².